The van der Waals surface area contributed by atoms with Crippen LogP contribution in [0, 0.1) is 0 Å². The van der Waals surface area contributed by atoms with Crippen molar-refractivity contribution in [3.05, 3.63) is 48.6 Å². The molecule has 0 aliphatic heterocycles. The molecule has 0 spiro atoms. The van der Waals surface area contributed by atoms with E-state index in [4.69, 9.17) is 10.5 Å². The second-order valence-electron chi connectivity index (χ2n) is 16.9. The first-order valence-corrected chi connectivity index (χ1v) is 25.0. The minimum atomic E-state index is -1.00. The predicted molar refractivity (Wildman–Crippen MR) is 253 cm³/mol. The van der Waals surface area contributed by atoms with Crippen LogP contribution in [0.5, 0.6) is 0 Å². The van der Waals surface area contributed by atoms with Gasteiger partial charge in [0.05, 0.1) is 0 Å². The zero-order valence-corrected chi connectivity index (χ0v) is 38.6. The summed E-state index contributed by atoms with van der Waals surface area (Å²) in [5.74, 6) is -1.23. The molecule has 0 aliphatic rings. The van der Waals surface area contributed by atoms with Crippen LogP contribution in [-0.4, -0.2) is 41.6 Å². The van der Waals surface area contributed by atoms with Gasteiger partial charge in [0.15, 0.2) is 0 Å². The molecule has 4 N–H and O–H groups in total. The zero-order chi connectivity index (χ0) is 43.1. The average Bonchev–Trinajstić information content (AvgIpc) is 3.22. The lowest BCUT2D eigenvalue weighted by Crippen LogP contribution is -2.40. The van der Waals surface area contributed by atoms with Gasteiger partial charge in [0.25, 0.3) is 0 Å². The Kier molecular flexibility index (Phi) is 44.3. The summed E-state index contributed by atoms with van der Waals surface area (Å²) in [5, 5.41) is 12.0. The van der Waals surface area contributed by atoms with Crippen molar-refractivity contribution in [1.29, 1.82) is 0 Å². The number of hydrogen-bond acceptors (Lipinski definition) is 5. The molecular formula is C52H94N2O5. The Morgan fingerprint density at radius 3 is 1.41 bits per heavy atom. The lowest BCUT2D eigenvalue weighted by molar-refractivity contribution is -0.150. The van der Waals surface area contributed by atoms with E-state index in [2.05, 4.69) is 67.8 Å². The van der Waals surface area contributed by atoms with Gasteiger partial charge in [0.2, 0.25) is 5.91 Å². The third-order valence-electron chi connectivity index (χ3n) is 11.2. The van der Waals surface area contributed by atoms with Gasteiger partial charge in [-0.2, -0.15) is 0 Å². The van der Waals surface area contributed by atoms with Gasteiger partial charge in [-0.05, 0) is 96.4 Å². The Hall–Kier alpha value is -2.67. The maximum Gasteiger partial charge on any atom is 0.326 e. The van der Waals surface area contributed by atoms with Gasteiger partial charge < -0.3 is 20.9 Å². The standard InChI is InChI=1S/C52H94N2O5/c1-3-5-7-9-11-13-15-17-18-19-20-21-22-23-24-25-27-29-31-36-40-46-51(56)59-48(42-37-33-30-28-26-16-14-12-10-8-6-4-2)43-38-34-32-35-39-45-50(55)54-49(52(57)58)44-41-47-53/h5,7,11,13,17-18,20-21,48-49H,3-4,6,8-10,12,14-16,19,22-47,53H2,1-2H3,(H,54,55)(H,57,58)/b7-5-,13-11-,18-17-,21-20-. The van der Waals surface area contributed by atoms with Gasteiger partial charge in [-0.3, -0.25) is 9.59 Å². The summed E-state index contributed by atoms with van der Waals surface area (Å²) in [4.78, 5) is 36.5. The van der Waals surface area contributed by atoms with E-state index in [1.807, 2.05) is 0 Å². The molecule has 0 fully saturated rings. The molecule has 0 aliphatic carbocycles. The van der Waals surface area contributed by atoms with Crippen LogP contribution in [0.1, 0.15) is 245 Å². The second-order valence-corrected chi connectivity index (χ2v) is 16.9. The van der Waals surface area contributed by atoms with Crippen molar-refractivity contribution in [2.45, 2.75) is 257 Å². The van der Waals surface area contributed by atoms with Crippen molar-refractivity contribution in [1.82, 2.24) is 5.32 Å². The number of carbonyl (C=O) groups is 3. The van der Waals surface area contributed by atoms with E-state index in [0.29, 0.717) is 32.2 Å². The Morgan fingerprint density at radius 1 is 0.508 bits per heavy atom. The van der Waals surface area contributed by atoms with Gasteiger partial charge >= 0.3 is 11.9 Å². The quantitative estimate of drug-likeness (QED) is 0.0320. The van der Waals surface area contributed by atoms with E-state index in [-0.39, 0.29) is 18.0 Å². The van der Waals surface area contributed by atoms with Crippen molar-refractivity contribution in [2.75, 3.05) is 6.54 Å². The van der Waals surface area contributed by atoms with Gasteiger partial charge in [0, 0.05) is 12.8 Å². The predicted octanol–water partition coefficient (Wildman–Crippen LogP) is 14.7. The molecule has 2 atom stereocenters. The third-order valence-corrected chi connectivity index (χ3v) is 11.2. The number of carboxylic acid groups (broad SMARTS) is 1. The highest BCUT2D eigenvalue weighted by molar-refractivity contribution is 5.83. The van der Waals surface area contributed by atoms with Crippen LogP contribution in [0.3, 0.4) is 0 Å². The summed E-state index contributed by atoms with van der Waals surface area (Å²) in [5.41, 5.74) is 5.50. The third kappa shape index (κ3) is 43.2. The summed E-state index contributed by atoms with van der Waals surface area (Å²) in [6.07, 6.45) is 57.3. The van der Waals surface area contributed by atoms with Gasteiger partial charge in [-0.1, -0.05) is 191 Å². The van der Waals surface area contributed by atoms with Crippen molar-refractivity contribution >= 4 is 17.8 Å². The fourth-order valence-electron chi connectivity index (χ4n) is 7.44. The zero-order valence-electron chi connectivity index (χ0n) is 38.6. The molecule has 7 heteroatoms. The largest absolute Gasteiger partial charge is 0.480 e. The van der Waals surface area contributed by atoms with E-state index in [0.717, 1.165) is 89.9 Å². The SMILES string of the molecule is CC/C=C\C/C=C\C/C=C\C/C=C\CCCCCCCCCCC(=O)OC(CCCCCCCCCCCCCC)CCCCCCCC(=O)NC(CCCN)C(=O)O. The van der Waals surface area contributed by atoms with Crippen molar-refractivity contribution in [3.63, 3.8) is 0 Å². The van der Waals surface area contributed by atoms with Crippen LogP contribution in [0.25, 0.3) is 0 Å². The molecular weight excluding hydrogens is 733 g/mol. The van der Waals surface area contributed by atoms with Gasteiger partial charge in [-0.25, -0.2) is 4.79 Å². The monoisotopic (exact) mass is 827 g/mol. The van der Waals surface area contributed by atoms with E-state index in [9.17, 15) is 19.5 Å². The molecule has 7 nitrogen and oxygen atoms in total. The number of aliphatic carboxylic acids is 1. The highest BCUT2D eigenvalue weighted by Crippen LogP contribution is 2.19. The first-order valence-electron chi connectivity index (χ1n) is 25.0. The van der Waals surface area contributed by atoms with Crippen molar-refractivity contribution in [3.8, 4) is 0 Å². The van der Waals surface area contributed by atoms with E-state index < -0.39 is 12.0 Å². The van der Waals surface area contributed by atoms with Gasteiger partial charge in [0.1, 0.15) is 12.1 Å². The van der Waals surface area contributed by atoms with Crippen molar-refractivity contribution in [2.24, 2.45) is 5.73 Å². The maximum atomic E-state index is 12.9. The second kappa shape index (κ2) is 46.4. The number of nitrogens with two attached hydrogens (primary N) is 1. The number of carboxylic acids is 1. The van der Waals surface area contributed by atoms with Crippen LogP contribution in [-0.2, 0) is 19.1 Å². The smallest absolute Gasteiger partial charge is 0.326 e. The lowest BCUT2D eigenvalue weighted by atomic mass is 10.0. The number of carbonyl (C=O) groups excluding carboxylic acids is 2. The number of nitrogens with one attached hydrogen (secondary N) is 1. The van der Waals surface area contributed by atoms with Crippen LogP contribution in [0.4, 0.5) is 0 Å². The Morgan fingerprint density at radius 2 is 0.932 bits per heavy atom. The summed E-state index contributed by atoms with van der Waals surface area (Å²) in [6.45, 7) is 4.85. The van der Waals surface area contributed by atoms with Crippen LogP contribution < -0.4 is 11.1 Å². The normalized spacial score (nSPS) is 13.0. The topological polar surface area (TPSA) is 119 Å². The molecule has 2 unspecified atom stereocenters. The maximum absolute atomic E-state index is 12.9. The average molecular weight is 827 g/mol. The lowest BCUT2D eigenvalue weighted by Gasteiger charge is -2.18. The molecule has 0 saturated carbocycles. The minimum Gasteiger partial charge on any atom is -0.480 e. The number of unbranched alkanes of at least 4 members (excludes halogenated alkanes) is 23. The summed E-state index contributed by atoms with van der Waals surface area (Å²) >= 11 is 0. The molecule has 0 aromatic carbocycles. The summed E-state index contributed by atoms with van der Waals surface area (Å²) < 4.78 is 6.08. The number of esters is 1. The van der Waals surface area contributed by atoms with Crippen LogP contribution in [0.15, 0.2) is 48.6 Å². The number of hydrogen-bond donors (Lipinski definition) is 3. The summed E-state index contributed by atoms with van der Waals surface area (Å²) in [7, 11) is 0. The summed E-state index contributed by atoms with van der Waals surface area (Å²) in [6, 6.07) is -0.858. The molecule has 342 valence electrons. The first kappa shape index (κ1) is 56.3. The molecule has 0 aromatic heterocycles. The number of amides is 1. The first-order chi connectivity index (χ1) is 28.9. The van der Waals surface area contributed by atoms with E-state index in [1.54, 1.807) is 0 Å². The number of rotatable bonds is 45. The van der Waals surface area contributed by atoms with Gasteiger partial charge in [-0.15, -0.1) is 0 Å². The Balaban J connectivity index is 4.25. The molecule has 0 saturated heterocycles. The van der Waals surface area contributed by atoms with E-state index in [1.165, 1.54) is 116 Å². The fourth-order valence-corrected chi connectivity index (χ4v) is 7.44. The molecule has 59 heavy (non-hydrogen) atoms. The molecule has 0 aromatic rings. The molecule has 1 amide bonds. The minimum absolute atomic E-state index is 0.00885. The van der Waals surface area contributed by atoms with Crippen LogP contribution >= 0.6 is 0 Å². The fraction of sp³-hybridized carbons (Fsp3) is 0.788. The highest BCUT2D eigenvalue weighted by atomic mass is 16.5. The Bertz CT molecular complexity index is 1070. The molecule has 0 rings (SSSR count). The van der Waals surface area contributed by atoms with Crippen LogP contribution in [0.2, 0.25) is 0 Å². The number of ether oxygens (including phenoxy) is 1. The highest BCUT2D eigenvalue weighted by Gasteiger charge is 2.19. The molecule has 0 radical (unpaired) electrons. The number of allylic oxidation sites excluding steroid dienone is 8. The molecule has 0 heterocycles. The molecule has 0 bridgehead atoms. The van der Waals surface area contributed by atoms with Crippen molar-refractivity contribution < 1.29 is 24.2 Å². The van der Waals surface area contributed by atoms with E-state index >= 15 is 0 Å². The Labute approximate surface area is 364 Å².